The van der Waals surface area contributed by atoms with Crippen LogP contribution in [0.25, 0.3) is 17.0 Å². The number of hydrogen-bond donors (Lipinski definition) is 1. The lowest BCUT2D eigenvalue weighted by Gasteiger charge is -2.07. The number of aromatic nitrogens is 3. The lowest BCUT2D eigenvalue weighted by Crippen LogP contribution is -2.15. The Balaban J connectivity index is 1.54. The normalized spacial score (nSPS) is 10.8. The SMILES string of the molecule is O=C(Cc1ccccc1F)Nc1cccc(-c2cn3cccnc3n2)c1. The van der Waals surface area contributed by atoms with E-state index in [9.17, 15) is 9.18 Å². The summed E-state index contributed by atoms with van der Waals surface area (Å²) in [6, 6.07) is 15.5. The molecular formula is C20H15FN4O. The van der Waals surface area contributed by atoms with Crippen molar-refractivity contribution in [3.8, 4) is 11.3 Å². The Morgan fingerprint density at radius 3 is 2.85 bits per heavy atom. The van der Waals surface area contributed by atoms with E-state index >= 15 is 0 Å². The van der Waals surface area contributed by atoms with Crippen molar-refractivity contribution in [2.45, 2.75) is 6.42 Å². The molecule has 2 heterocycles. The molecule has 5 nitrogen and oxygen atoms in total. The molecular weight excluding hydrogens is 331 g/mol. The van der Waals surface area contributed by atoms with Crippen LogP contribution < -0.4 is 5.32 Å². The number of nitrogens with zero attached hydrogens (tertiary/aromatic N) is 3. The summed E-state index contributed by atoms with van der Waals surface area (Å²) in [5.41, 5.74) is 2.62. The van der Waals surface area contributed by atoms with Crippen molar-refractivity contribution in [2.24, 2.45) is 0 Å². The molecule has 0 fully saturated rings. The standard InChI is InChI=1S/C20H15FN4O/c21-17-8-2-1-5-14(17)12-19(26)23-16-7-3-6-15(11-16)18-13-25-10-4-9-22-20(25)24-18/h1-11,13H,12H2,(H,23,26). The summed E-state index contributed by atoms with van der Waals surface area (Å²) in [7, 11) is 0. The summed E-state index contributed by atoms with van der Waals surface area (Å²) >= 11 is 0. The highest BCUT2D eigenvalue weighted by Gasteiger charge is 2.10. The topological polar surface area (TPSA) is 59.3 Å². The van der Waals surface area contributed by atoms with Gasteiger partial charge in [0, 0.05) is 29.8 Å². The third kappa shape index (κ3) is 3.30. The largest absolute Gasteiger partial charge is 0.326 e. The van der Waals surface area contributed by atoms with E-state index in [4.69, 9.17) is 0 Å². The van der Waals surface area contributed by atoms with E-state index in [0.717, 1.165) is 11.3 Å². The minimum Gasteiger partial charge on any atom is -0.326 e. The van der Waals surface area contributed by atoms with Gasteiger partial charge in [0.1, 0.15) is 5.82 Å². The number of amides is 1. The highest BCUT2D eigenvalue weighted by molar-refractivity contribution is 5.92. The van der Waals surface area contributed by atoms with Crippen LogP contribution in [-0.2, 0) is 11.2 Å². The van der Waals surface area contributed by atoms with Crippen LogP contribution in [0.4, 0.5) is 10.1 Å². The van der Waals surface area contributed by atoms with E-state index in [0.29, 0.717) is 17.0 Å². The van der Waals surface area contributed by atoms with Crippen LogP contribution in [0.2, 0.25) is 0 Å². The maximum atomic E-state index is 13.7. The Morgan fingerprint density at radius 1 is 1.12 bits per heavy atom. The fraction of sp³-hybridized carbons (Fsp3) is 0.0500. The Hall–Kier alpha value is -3.54. The van der Waals surface area contributed by atoms with E-state index in [-0.39, 0.29) is 18.1 Å². The number of benzene rings is 2. The molecule has 0 bridgehead atoms. The number of fused-ring (bicyclic) bond motifs is 1. The molecule has 4 rings (SSSR count). The number of hydrogen-bond acceptors (Lipinski definition) is 3. The predicted molar refractivity (Wildman–Crippen MR) is 97.2 cm³/mol. The van der Waals surface area contributed by atoms with Crippen molar-refractivity contribution < 1.29 is 9.18 Å². The third-order valence-electron chi connectivity index (χ3n) is 3.99. The van der Waals surface area contributed by atoms with Crippen molar-refractivity contribution >= 4 is 17.4 Å². The second kappa shape index (κ2) is 6.76. The average molecular weight is 346 g/mol. The van der Waals surface area contributed by atoms with E-state index in [1.54, 1.807) is 30.5 Å². The van der Waals surface area contributed by atoms with Crippen molar-refractivity contribution in [3.05, 3.63) is 84.6 Å². The van der Waals surface area contributed by atoms with E-state index < -0.39 is 0 Å². The van der Waals surface area contributed by atoms with Crippen molar-refractivity contribution in [1.82, 2.24) is 14.4 Å². The summed E-state index contributed by atoms with van der Waals surface area (Å²) in [5.74, 6) is -0.0472. The van der Waals surface area contributed by atoms with Gasteiger partial charge in [-0.3, -0.25) is 9.20 Å². The summed E-state index contributed by atoms with van der Waals surface area (Å²) in [6.45, 7) is 0. The molecule has 4 aromatic rings. The van der Waals surface area contributed by atoms with Crippen LogP contribution in [0, 0.1) is 5.82 Å². The van der Waals surface area contributed by atoms with Crippen LogP contribution in [0.5, 0.6) is 0 Å². The van der Waals surface area contributed by atoms with Gasteiger partial charge in [-0.05, 0) is 29.8 Å². The number of carbonyl (C=O) groups excluding carboxylic acids is 1. The highest BCUT2D eigenvalue weighted by Crippen LogP contribution is 2.22. The van der Waals surface area contributed by atoms with Crippen LogP contribution in [-0.4, -0.2) is 20.3 Å². The van der Waals surface area contributed by atoms with Gasteiger partial charge in [0.05, 0.1) is 12.1 Å². The lowest BCUT2D eigenvalue weighted by atomic mass is 10.1. The van der Waals surface area contributed by atoms with E-state index in [1.807, 2.05) is 41.1 Å². The fourth-order valence-corrected chi connectivity index (χ4v) is 2.75. The molecule has 0 saturated heterocycles. The zero-order valence-corrected chi connectivity index (χ0v) is 13.8. The van der Waals surface area contributed by atoms with E-state index in [2.05, 4.69) is 15.3 Å². The van der Waals surface area contributed by atoms with Gasteiger partial charge in [0.2, 0.25) is 11.7 Å². The van der Waals surface area contributed by atoms with Crippen LogP contribution >= 0.6 is 0 Å². The molecule has 0 spiro atoms. The molecule has 0 atom stereocenters. The zero-order chi connectivity index (χ0) is 17.9. The van der Waals surface area contributed by atoms with Crippen molar-refractivity contribution in [1.29, 1.82) is 0 Å². The molecule has 0 saturated carbocycles. The highest BCUT2D eigenvalue weighted by atomic mass is 19.1. The number of nitrogens with one attached hydrogen (secondary N) is 1. The van der Waals surface area contributed by atoms with Crippen molar-refractivity contribution in [3.63, 3.8) is 0 Å². The molecule has 0 aliphatic carbocycles. The van der Waals surface area contributed by atoms with Gasteiger partial charge in [-0.25, -0.2) is 14.4 Å². The molecule has 0 aliphatic heterocycles. The maximum absolute atomic E-state index is 13.7. The molecule has 0 radical (unpaired) electrons. The maximum Gasteiger partial charge on any atom is 0.234 e. The third-order valence-corrected chi connectivity index (χ3v) is 3.99. The number of anilines is 1. The minimum absolute atomic E-state index is 0.0187. The molecule has 128 valence electrons. The minimum atomic E-state index is -0.381. The first-order valence-electron chi connectivity index (χ1n) is 8.12. The number of imidazole rings is 1. The first-order valence-corrected chi connectivity index (χ1v) is 8.12. The van der Waals surface area contributed by atoms with Gasteiger partial charge in [0.15, 0.2) is 0 Å². The van der Waals surface area contributed by atoms with Crippen molar-refractivity contribution in [2.75, 3.05) is 5.32 Å². The molecule has 1 N–H and O–H groups in total. The number of carbonyl (C=O) groups is 1. The van der Waals surface area contributed by atoms with Crippen LogP contribution in [0.3, 0.4) is 0 Å². The van der Waals surface area contributed by atoms with E-state index in [1.165, 1.54) is 6.07 Å². The Labute approximate surface area is 149 Å². The predicted octanol–water partition coefficient (Wildman–Crippen LogP) is 3.72. The van der Waals surface area contributed by atoms with Gasteiger partial charge >= 0.3 is 0 Å². The average Bonchev–Trinajstić information content (AvgIpc) is 3.08. The van der Waals surface area contributed by atoms with Gasteiger partial charge in [-0.1, -0.05) is 30.3 Å². The number of rotatable bonds is 4. The van der Waals surface area contributed by atoms with Gasteiger partial charge in [-0.2, -0.15) is 0 Å². The Morgan fingerprint density at radius 2 is 2.00 bits per heavy atom. The first-order chi connectivity index (χ1) is 12.7. The monoisotopic (exact) mass is 346 g/mol. The smallest absolute Gasteiger partial charge is 0.234 e. The van der Waals surface area contributed by atoms with Gasteiger partial charge < -0.3 is 5.32 Å². The molecule has 26 heavy (non-hydrogen) atoms. The summed E-state index contributed by atoms with van der Waals surface area (Å²) < 4.78 is 15.5. The second-order valence-corrected chi connectivity index (χ2v) is 5.85. The zero-order valence-electron chi connectivity index (χ0n) is 13.8. The number of halogens is 1. The molecule has 2 aromatic carbocycles. The summed E-state index contributed by atoms with van der Waals surface area (Å²) in [4.78, 5) is 20.9. The molecule has 0 unspecified atom stereocenters. The van der Waals surface area contributed by atoms with Crippen LogP contribution in [0.1, 0.15) is 5.56 Å². The Kier molecular flexibility index (Phi) is 4.15. The first kappa shape index (κ1) is 16.0. The fourth-order valence-electron chi connectivity index (χ4n) is 2.75. The molecule has 0 aliphatic rings. The lowest BCUT2D eigenvalue weighted by molar-refractivity contribution is -0.115. The van der Waals surface area contributed by atoms with Gasteiger partial charge in [-0.15, -0.1) is 0 Å². The second-order valence-electron chi connectivity index (χ2n) is 5.85. The quantitative estimate of drug-likeness (QED) is 0.613. The molecule has 2 aromatic heterocycles. The summed E-state index contributed by atoms with van der Waals surface area (Å²) in [6.07, 6.45) is 5.42. The molecule has 1 amide bonds. The van der Waals surface area contributed by atoms with Crippen LogP contribution in [0.15, 0.2) is 73.2 Å². The van der Waals surface area contributed by atoms with Gasteiger partial charge in [0.25, 0.3) is 0 Å². The Bertz CT molecular complexity index is 1060. The molecule has 6 heteroatoms. The summed E-state index contributed by atoms with van der Waals surface area (Å²) in [5, 5.41) is 2.81.